The summed E-state index contributed by atoms with van der Waals surface area (Å²) in [7, 11) is 0. The number of halogens is 1. The first-order valence-electron chi connectivity index (χ1n) is 6.76. The van der Waals surface area contributed by atoms with Crippen molar-refractivity contribution in [3.8, 4) is 0 Å². The third kappa shape index (κ3) is 3.21. The Balaban J connectivity index is 2.28. The fraction of sp³-hybridized carbons (Fsp3) is 0.467. The van der Waals surface area contributed by atoms with Crippen LogP contribution in [0.5, 0.6) is 0 Å². The maximum atomic E-state index is 13.3. The summed E-state index contributed by atoms with van der Waals surface area (Å²) in [5.41, 5.74) is 5.32. The van der Waals surface area contributed by atoms with Gasteiger partial charge in [-0.25, -0.2) is 4.39 Å². The van der Waals surface area contributed by atoms with Crippen molar-refractivity contribution >= 4 is 11.9 Å². The van der Waals surface area contributed by atoms with Gasteiger partial charge >= 0.3 is 5.97 Å². The molecule has 0 aliphatic carbocycles. The highest BCUT2D eigenvalue weighted by atomic mass is 19.1. The number of nitrogens with zero attached hydrogens (tertiary/aromatic N) is 1. The average molecular weight is 294 g/mol. The highest BCUT2D eigenvalue weighted by Gasteiger charge is 2.42. The maximum Gasteiger partial charge on any atom is 0.308 e. The number of benzene rings is 1. The number of hydrogen-bond donors (Lipinski definition) is 2. The molecule has 1 aliphatic heterocycles. The van der Waals surface area contributed by atoms with Gasteiger partial charge in [-0.1, -0.05) is 12.1 Å². The monoisotopic (exact) mass is 294 g/mol. The first-order chi connectivity index (χ1) is 9.70. The van der Waals surface area contributed by atoms with E-state index in [0.29, 0.717) is 5.56 Å². The lowest BCUT2D eigenvalue weighted by atomic mass is 9.89. The van der Waals surface area contributed by atoms with Crippen molar-refractivity contribution in [3.63, 3.8) is 0 Å². The van der Waals surface area contributed by atoms with Gasteiger partial charge in [-0.3, -0.25) is 9.59 Å². The molecule has 0 spiro atoms. The van der Waals surface area contributed by atoms with E-state index in [-0.39, 0.29) is 19.0 Å². The molecule has 0 saturated carbocycles. The van der Waals surface area contributed by atoms with Crippen LogP contribution in [0.25, 0.3) is 0 Å². The molecule has 0 aromatic heterocycles. The first kappa shape index (κ1) is 15.4. The normalized spacial score (nSPS) is 22.4. The van der Waals surface area contributed by atoms with E-state index in [1.54, 1.807) is 26.0 Å². The molecule has 1 amide bonds. The minimum absolute atomic E-state index is 0.0932. The van der Waals surface area contributed by atoms with Crippen LogP contribution >= 0.6 is 0 Å². The summed E-state index contributed by atoms with van der Waals surface area (Å²) in [6.45, 7) is 3.50. The van der Waals surface area contributed by atoms with Crippen molar-refractivity contribution in [3.05, 3.63) is 35.6 Å². The van der Waals surface area contributed by atoms with Crippen molar-refractivity contribution in [2.24, 2.45) is 11.7 Å². The summed E-state index contributed by atoms with van der Waals surface area (Å²) >= 11 is 0. The van der Waals surface area contributed by atoms with E-state index in [9.17, 15) is 19.1 Å². The van der Waals surface area contributed by atoms with Crippen LogP contribution in [0, 0.1) is 11.7 Å². The molecular weight excluding hydrogens is 275 g/mol. The Morgan fingerprint density at radius 2 is 2.05 bits per heavy atom. The van der Waals surface area contributed by atoms with E-state index >= 15 is 0 Å². The number of amides is 1. The second-order valence-corrected chi connectivity index (χ2v) is 6.04. The number of aliphatic carboxylic acids is 1. The summed E-state index contributed by atoms with van der Waals surface area (Å²) in [4.78, 5) is 25.1. The van der Waals surface area contributed by atoms with Gasteiger partial charge in [0.25, 0.3) is 0 Å². The number of carbonyl (C=O) groups excluding carboxylic acids is 1. The van der Waals surface area contributed by atoms with Crippen LogP contribution in [0.15, 0.2) is 24.3 Å². The fourth-order valence-electron chi connectivity index (χ4n) is 2.70. The lowest BCUT2D eigenvalue weighted by Gasteiger charge is -2.25. The highest BCUT2D eigenvalue weighted by molar-refractivity contribution is 5.86. The van der Waals surface area contributed by atoms with Crippen molar-refractivity contribution in [1.29, 1.82) is 0 Å². The Bertz CT molecular complexity index is 568. The van der Waals surface area contributed by atoms with E-state index < -0.39 is 29.2 Å². The van der Waals surface area contributed by atoms with Crippen LogP contribution in [0.1, 0.15) is 25.3 Å². The molecule has 1 aromatic rings. The molecular formula is C15H19FN2O3. The lowest BCUT2D eigenvalue weighted by Crippen LogP contribution is -2.50. The van der Waals surface area contributed by atoms with Gasteiger partial charge < -0.3 is 15.7 Å². The largest absolute Gasteiger partial charge is 0.481 e. The highest BCUT2D eigenvalue weighted by Crippen LogP contribution is 2.34. The van der Waals surface area contributed by atoms with Gasteiger partial charge in [0.15, 0.2) is 0 Å². The predicted octanol–water partition coefficient (Wildman–Crippen LogP) is 1.19. The number of carbonyl (C=O) groups is 2. The van der Waals surface area contributed by atoms with Gasteiger partial charge in [-0.2, -0.15) is 0 Å². The Morgan fingerprint density at radius 3 is 2.57 bits per heavy atom. The van der Waals surface area contributed by atoms with E-state index in [2.05, 4.69) is 0 Å². The van der Waals surface area contributed by atoms with Crippen LogP contribution in [0.4, 0.5) is 4.39 Å². The molecule has 0 bridgehead atoms. The molecule has 1 aliphatic rings. The van der Waals surface area contributed by atoms with Crippen molar-refractivity contribution in [2.45, 2.75) is 25.3 Å². The zero-order valence-corrected chi connectivity index (χ0v) is 12.0. The van der Waals surface area contributed by atoms with Crippen LogP contribution in [0.2, 0.25) is 0 Å². The number of hydrogen-bond acceptors (Lipinski definition) is 3. The summed E-state index contributed by atoms with van der Waals surface area (Å²) in [5, 5.41) is 9.35. The molecule has 5 nitrogen and oxygen atoms in total. The van der Waals surface area contributed by atoms with Crippen LogP contribution in [-0.4, -0.2) is 40.5 Å². The van der Waals surface area contributed by atoms with Crippen LogP contribution < -0.4 is 5.73 Å². The topological polar surface area (TPSA) is 83.6 Å². The molecule has 1 fully saturated rings. The zero-order valence-electron chi connectivity index (χ0n) is 12.0. The quantitative estimate of drug-likeness (QED) is 0.877. The van der Waals surface area contributed by atoms with Gasteiger partial charge in [0.1, 0.15) is 5.82 Å². The Labute approximate surface area is 122 Å². The number of likely N-dealkylation sites (tertiary alicyclic amines) is 1. The SMILES string of the molecule is CC(C)(N)C(=O)N1C[C@H](C(=O)O)[C@@H](c2cccc(F)c2)C1. The number of rotatable bonds is 3. The molecule has 1 heterocycles. The van der Waals surface area contributed by atoms with Crippen LogP contribution in [0.3, 0.4) is 0 Å². The predicted molar refractivity (Wildman–Crippen MR) is 75.1 cm³/mol. The Morgan fingerprint density at radius 1 is 1.38 bits per heavy atom. The number of carboxylic acid groups (broad SMARTS) is 1. The lowest BCUT2D eigenvalue weighted by molar-refractivity contribution is -0.142. The molecule has 1 saturated heterocycles. The van der Waals surface area contributed by atoms with Crippen molar-refractivity contribution < 1.29 is 19.1 Å². The molecule has 3 N–H and O–H groups in total. The number of nitrogens with two attached hydrogens (primary N) is 1. The minimum atomic E-state index is -1.06. The Kier molecular flexibility index (Phi) is 4.00. The van der Waals surface area contributed by atoms with Crippen molar-refractivity contribution in [1.82, 2.24) is 4.90 Å². The summed E-state index contributed by atoms with van der Waals surface area (Å²) in [5.74, 6) is -2.88. The molecule has 21 heavy (non-hydrogen) atoms. The third-order valence-corrected chi connectivity index (χ3v) is 3.75. The van der Waals surface area contributed by atoms with Gasteiger partial charge in [0.2, 0.25) is 5.91 Å². The first-order valence-corrected chi connectivity index (χ1v) is 6.76. The molecule has 0 radical (unpaired) electrons. The maximum absolute atomic E-state index is 13.3. The molecule has 2 atom stereocenters. The summed E-state index contributed by atoms with van der Waals surface area (Å²) < 4.78 is 13.3. The third-order valence-electron chi connectivity index (χ3n) is 3.75. The molecule has 0 unspecified atom stereocenters. The molecule has 114 valence electrons. The van der Waals surface area contributed by atoms with E-state index in [4.69, 9.17) is 5.73 Å². The number of carboxylic acids is 1. The van der Waals surface area contributed by atoms with Gasteiger partial charge in [-0.05, 0) is 31.5 Å². The smallest absolute Gasteiger partial charge is 0.308 e. The average Bonchev–Trinajstić information content (AvgIpc) is 2.81. The Hall–Kier alpha value is -1.95. The van der Waals surface area contributed by atoms with Gasteiger partial charge in [-0.15, -0.1) is 0 Å². The molecule has 6 heteroatoms. The van der Waals surface area contributed by atoms with E-state index in [1.165, 1.54) is 17.0 Å². The molecule has 2 rings (SSSR count). The summed E-state index contributed by atoms with van der Waals surface area (Å²) in [6.07, 6.45) is 0. The fourth-order valence-corrected chi connectivity index (χ4v) is 2.70. The van der Waals surface area contributed by atoms with Crippen LogP contribution in [-0.2, 0) is 9.59 Å². The minimum Gasteiger partial charge on any atom is -0.481 e. The second-order valence-electron chi connectivity index (χ2n) is 6.04. The van der Waals surface area contributed by atoms with E-state index in [1.807, 2.05) is 0 Å². The summed E-state index contributed by atoms with van der Waals surface area (Å²) in [6, 6.07) is 5.86. The zero-order chi connectivity index (χ0) is 15.8. The van der Waals surface area contributed by atoms with Crippen molar-refractivity contribution in [2.75, 3.05) is 13.1 Å². The van der Waals surface area contributed by atoms with Gasteiger partial charge in [0, 0.05) is 19.0 Å². The van der Waals surface area contributed by atoms with Gasteiger partial charge in [0.05, 0.1) is 11.5 Å². The van der Waals surface area contributed by atoms with E-state index in [0.717, 1.165) is 0 Å². The molecule has 1 aromatic carbocycles. The second kappa shape index (κ2) is 5.44. The standard InChI is InChI=1S/C15H19FN2O3/c1-15(2,17)14(21)18-7-11(12(8-18)13(19)20)9-4-3-5-10(16)6-9/h3-6,11-12H,7-8,17H2,1-2H3,(H,19,20)/t11-,12+/m1/s1.